The smallest absolute Gasteiger partial charge is 0.274 e. The number of hydrogen-bond donors (Lipinski definition) is 1. The van der Waals surface area contributed by atoms with Crippen LogP contribution in [0.1, 0.15) is 30.3 Å². The minimum atomic E-state index is -0.0225. The van der Waals surface area contributed by atoms with Crippen molar-refractivity contribution in [3.8, 4) is 0 Å². The molecule has 1 fully saturated rings. The van der Waals surface area contributed by atoms with Crippen molar-refractivity contribution in [3.05, 3.63) is 48.4 Å². The number of benzene rings is 1. The van der Waals surface area contributed by atoms with Gasteiger partial charge < -0.3 is 10.2 Å². The molecule has 1 amide bonds. The van der Waals surface area contributed by atoms with E-state index >= 15 is 0 Å². The average Bonchev–Trinajstić information content (AvgIpc) is 2.57. The second-order valence-electron chi connectivity index (χ2n) is 5.75. The van der Waals surface area contributed by atoms with Crippen LogP contribution in [0.5, 0.6) is 0 Å². The lowest BCUT2D eigenvalue weighted by atomic mass is 9.99. The van der Waals surface area contributed by atoms with Gasteiger partial charge in [-0.1, -0.05) is 25.1 Å². The summed E-state index contributed by atoms with van der Waals surface area (Å²) in [6.45, 7) is 3.85. The molecule has 1 aromatic carbocycles. The Kier molecular flexibility index (Phi) is 4.32. The molecule has 0 atom stereocenters. The maximum absolute atomic E-state index is 12.4. The van der Waals surface area contributed by atoms with E-state index < -0.39 is 0 Å². The number of amides is 1. The third-order valence-corrected chi connectivity index (χ3v) is 3.99. The van der Waals surface area contributed by atoms with Crippen LogP contribution in [-0.4, -0.2) is 33.9 Å². The number of nitrogens with zero attached hydrogens (tertiary/aromatic N) is 3. The highest BCUT2D eigenvalue weighted by molar-refractivity contribution is 5.92. The number of hydrogen-bond acceptors (Lipinski definition) is 4. The maximum atomic E-state index is 12.4. The Balaban J connectivity index is 1.65. The highest BCUT2D eigenvalue weighted by atomic mass is 16.2. The number of likely N-dealkylation sites (tertiary alicyclic amines) is 1. The van der Waals surface area contributed by atoms with Gasteiger partial charge in [-0.2, -0.15) is 0 Å². The van der Waals surface area contributed by atoms with Gasteiger partial charge in [0.2, 0.25) is 0 Å². The topological polar surface area (TPSA) is 58.1 Å². The Morgan fingerprint density at radius 3 is 2.50 bits per heavy atom. The van der Waals surface area contributed by atoms with Crippen LogP contribution in [0.15, 0.2) is 42.7 Å². The number of rotatable bonds is 3. The standard InChI is InChI=1S/C17H20N4O/c1-13-7-9-21(10-8-13)17(22)15-11-19-16(12-18-15)20-14-5-3-2-4-6-14/h2-6,11-13H,7-10H2,1H3,(H,19,20). The van der Waals surface area contributed by atoms with Crippen molar-refractivity contribution in [2.24, 2.45) is 5.92 Å². The van der Waals surface area contributed by atoms with Crippen molar-refractivity contribution in [1.29, 1.82) is 0 Å². The molecule has 3 rings (SSSR count). The Hall–Kier alpha value is -2.43. The van der Waals surface area contributed by atoms with Gasteiger partial charge in [0.25, 0.3) is 5.91 Å². The Morgan fingerprint density at radius 1 is 1.14 bits per heavy atom. The fourth-order valence-electron chi connectivity index (χ4n) is 2.55. The van der Waals surface area contributed by atoms with Gasteiger partial charge in [-0.15, -0.1) is 0 Å². The first-order chi connectivity index (χ1) is 10.7. The molecule has 5 nitrogen and oxygen atoms in total. The summed E-state index contributed by atoms with van der Waals surface area (Å²) in [6.07, 6.45) is 5.28. The molecule has 1 aliphatic heterocycles. The number of piperidine rings is 1. The van der Waals surface area contributed by atoms with Crippen molar-refractivity contribution in [1.82, 2.24) is 14.9 Å². The number of carbonyl (C=O) groups excluding carboxylic acids is 1. The predicted molar refractivity (Wildman–Crippen MR) is 86.1 cm³/mol. The Morgan fingerprint density at radius 2 is 1.86 bits per heavy atom. The van der Waals surface area contributed by atoms with E-state index in [1.165, 1.54) is 0 Å². The maximum Gasteiger partial charge on any atom is 0.274 e. The van der Waals surface area contributed by atoms with E-state index in [4.69, 9.17) is 0 Å². The molecule has 0 radical (unpaired) electrons. The van der Waals surface area contributed by atoms with Crippen LogP contribution in [0.2, 0.25) is 0 Å². The first-order valence-electron chi connectivity index (χ1n) is 7.66. The highest BCUT2D eigenvalue weighted by Crippen LogP contribution is 2.18. The first-order valence-corrected chi connectivity index (χ1v) is 7.66. The summed E-state index contributed by atoms with van der Waals surface area (Å²) in [7, 11) is 0. The summed E-state index contributed by atoms with van der Waals surface area (Å²) in [4.78, 5) is 22.8. The van der Waals surface area contributed by atoms with Gasteiger partial charge in [0.05, 0.1) is 12.4 Å². The summed E-state index contributed by atoms with van der Waals surface area (Å²) >= 11 is 0. The fourth-order valence-corrected chi connectivity index (χ4v) is 2.55. The molecule has 2 aromatic rings. The second-order valence-corrected chi connectivity index (χ2v) is 5.75. The summed E-state index contributed by atoms with van der Waals surface area (Å²) < 4.78 is 0. The second kappa shape index (κ2) is 6.56. The monoisotopic (exact) mass is 296 g/mol. The van der Waals surface area contributed by atoms with E-state index in [1.54, 1.807) is 12.4 Å². The van der Waals surface area contributed by atoms with Gasteiger partial charge >= 0.3 is 0 Å². The van der Waals surface area contributed by atoms with E-state index in [2.05, 4.69) is 22.2 Å². The van der Waals surface area contributed by atoms with Gasteiger partial charge in [0, 0.05) is 18.8 Å². The lowest BCUT2D eigenvalue weighted by Gasteiger charge is -2.29. The Labute approximate surface area is 130 Å². The van der Waals surface area contributed by atoms with Gasteiger partial charge in [-0.05, 0) is 30.9 Å². The summed E-state index contributed by atoms with van der Waals surface area (Å²) in [6, 6.07) is 9.76. The summed E-state index contributed by atoms with van der Waals surface area (Å²) in [5.74, 6) is 1.31. The number of nitrogens with one attached hydrogen (secondary N) is 1. The third kappa shape index (κ3) is 3.42. The zero-order valence-electron chi connectivity index (χ0n) is 12.7. The minimum absolute atomic E-state index is 0.0225. The third-order valence-electron chi connectivity index (χ3n) is 3.99. The molecular weight excluding hydrogens is 276 g/mol. The lowest BCUT2D eigenvalue weighted by molar-refractivity contribution is 0.0691. The molecule has 1 saturated heterocycles. The zero-order valence-corrected chi connectivity index (χ0v) is 12.7. The predicted octanol–water partition coefficient (Wildman–Crippen LogP) is 3.09. The van der Waals surface area contributed by atoms with Crippen LogP contribution >= 0.6 is 0 Å². The van der Waals surface area contributed by atoms with Gasteiger partial charge in [0.15, 0.2) is 0 Å². The van der Waals surface area contributed by atoms with Gasteiger partial charge in [-0.3, -0.25) is 4.79 Å². The highest BCUT2D eigenvalue weighted by Gasteiger charge is 2.22. The van der Waals surface area contributed by atoms with Crippen LogP contribution < -0.4 is 5.32 Å². The van der Waals surface area contributed by atoms with Gasteiger partial charge in [0.1, 0.15) is 11.5 Å². The van der Waals surface area contributed by atoms with Crippen molar-refractivity contribution in [2.45, 2.75) is 19.8 Å². The quantitative estimate of drug-likeness (QED) is 0.945. The molecule has 0 saturated carbocycles. The van der Waals surface area contributed by atoms with E-state index in [0.717, 1.165) is 31.6 Å². The van der Waals surface area contributed by atoms with E-state index in [1.807, 2.05) is 35.2 Å². The van der Waals surface area contributed by atoms with Crippen LogP contribution in [0.25, 0.3) is 0 Å². The van der Waals surface area contributed by atoms with Crippen molar-refractivity contribution >= 4 is 17.4 Å². The van der Waals surface area contributed by atoms with Gasteiger partial charge in [-0.25, -0.2) is 9.97 Å². The number of para-hydroxylation sites is 1. The average molecular weight is 296 g/mol. The molecule has 1 aliphatic rings. The van der Waals surface area contributed by atoms with E-state index in [-0.39, 0.29) is 5.91 Å². The van der Waals surface area contributed by atoms with Crippen LogP contribution in [0, 0.1) is 5.92 Å². The summed E-state index contributed by atoms with van der Waals surface area (Å²) in [5.41, 5.74) is 1.36. The largest absolute Gasteiger partial charge is 0.339 e. The number of aromatic nitrogens is 2. The Bertz CT molecular complexity index is 619. The molecule has 1 aromatic heterocycles. The first kappa shape index (κ1) is 14.5. The minimum Gasteiger partial charge on any atom is -0.339 e. The number of anilines is 2. The van der Waals surface area contributed by atoms with Crippen LogP contribution in [0.3, 0.4) is 0 Å². The molecular formula is C17H20N4O. The molecule has 114 valence electrons. The molecule has 2 heterocycles. The SMILES string of the molecule is CC1CCN(C(=O)c2cnc(Nc3ccccc3)cn2)CC1. The van der Waals surface area contributed by atoms with Crippen molar-refractivity contribution < 1.29 is 4.79 Å². The molecule has 22 heavy (non-hydrogen) atoms. The molecule has 0 unspecified atom stereocenters. The summed E-state index contributed by atoms with van der Waals surface area (Å²) in [5, 5.41) is 3.16. The molecule has 0 spiro atoms. The van der Waals surface area contributed by atoms with Crippen LogP contribution in [-0.2, 0) is 0 Å². The van der Waals surface area contributed by atoms with Crippen LogP contribution in [0.4, 0.5) is 11.5 Å². The molecule has 1 N–H and O–H groups in total. The molecule has 0 aliphatic carbocycles. The van der Waals surface area contributed by atoms with Crippen molar-refractivity contribution in [3.63, 3.8) is 0 Å². The van der Waals surface area contributed by atoms with E-state index in [0.29, 0.717) is 17.4 Å². The zero-order chi connectivity index (χ0) is 15.4. The van der Waals surface area contributed by atoms with E-state index in [9.17, 15) is 4.79 Å². The molecule has 0 bridgehead atoms. The number of carbonyl (C=O) groups is 1. The fraction of sp³-hybridized carbons (Fsp3) is 0.353. The normalized spacial score (nSPS) is 15.6. The molecule has 5 heteroatoms. The lowest BCUT2D eigenvalue weighted by Crippen LogP contribution is -2.38. The van der Waals surface area contributed by atoms with Crippen molar-refractivity contribution in [2.75, 3.05) is 18.4 Å².